The van der Waals surface area contributed by atoms with E-state index >= 15 is 0 Å². The monoisotopic (exact) mass is 339 g/mol. The predicted molar refractivity (Wildman–Crippen MR) is 81.7 cm³/mol. The Balaban J connectivity index is 2.03. The zero-order valence-corrected chi connectivity index (χ0v) is 13.5. The van der Waals surface area contributed by atoms with Gasteiger partial charge in [0.15, 0.2) is 0 Å². The van der Waals surface area contributed by atoms with Crippen LogP contribution in [-0.2, 0) is 21.8 Å². The van der Waals surface area contributed by atoms with Gasteiger partial charge in [0.25, 0.3) is 15.9 Å². The number of amides is 1. The van der Waals surface area contributed by atoms with Crippen molar-refractivity contribution in [2.24, 2.45) is 7.05 Å². The van der Waals surface area contributed by atoms with Gasteiger partial charge in [0, 0.05) is 25.9 Å². The molecular formula is C14H17N3O5S. The number of rotatable bonds is 7. The third kappa shape index (κ3) is 4.54. The Labute approximate surface area is 134 Å². The summed E-state index contributed by atoms with van der Waals surface area (Å²) in [6.45, 7) is 0.836. The zero-order chi connectivity index (χ0) is 16.9. The van der Waals surface area contributed by atoms with Crippen molar-refractivity contribution in [3.05, 3.63) is 42.2 Å². The van der Waals surface area contributed by atoms with E-state index in [0.717, 1.165) is 0 Å². The average molecular weight is 339 g/mol. The van der Waals surface area contributed by atoms with E-state index in [1.54, 1.807) is 26.3 Å². The molecule has 0 saturated heterocycles. The zero-order valence-electron chi connectivity index (χ0n) is 12.7. The van der Waals surface area contributed by atoms with E-state index < -0.39 is 15.9 Å². The summed E-state index contributed by atoms with van der Waals surface area (Å²) in [7, 11) is -0.790. The Morgan fingerprint density at radius 3 is 2.52 bits per heavy atom. The molecule has 0 aliphatic carbocycles. The van der Waals surface area contributed by atoms with Gasteiger partial charge in [-0.25, -0.2) is 13.1 Å². The minimum absolute atomic E-state index is 0.0760. The molecule has 1 heterocycles. The van der Waals surface area contributed by atoms with Gasteiger partial charge in [-0.3, -0.25) is 9.48 Å². The van der Waals surface area contributed by atoms with E-state index in [4.69, 9.17) is 9.47 Å². The van der Waals surface area contributed by atoms with Crippen LogP contribution < -0.4 is 9.46 Å². The minimum atomic E-state index is -3.95. The fraction of sp³-hybridized carbons (Fsp3) is 0.286. The maximum absolute atomic E-state index is 12.0. The van der Waals surface area contributed by atoms with Gasteiger partial charge in [-0.1, -0.05) is 0 Å². The van der Waals surface area contributed by atoms with Crippen molar-refractivity contribution in [1.29, 1.82) is 0 Å². The van der Waals surface area contributed by atoms with Gasteiger partial charge in [-0.05, 0) is 24.3 Å². The van der Waals surface area contributed by atoms with Crippen LogP contribution in [0.5, 0.6) is 5.75 Å². The SMILES string of the molecule is COCCOc1ccc(C(=O)NS(=O)(=O)c2cnn(C)c2)cc1. The number of nitrogens with zero attached hydrogens (tertiary/aromatic N) is 2. The third-order valence-corrected chi connectivity index (χ3v) is 4.18. The molecule has 0 atom stereocenters. The molecule has 1 aromatic carbocycles. The van der Waals surface area contributed by atoms with Crippen LogP contribution in [0.4, 0.5) is 0 Å². The number of methoxy groups -OCH3 is 1. The van der Waals surface area contributed by atoms with Crippen LogP contribution in [0.1, 0.15) is 10.4 Å². The fourth-order valence-electron chi connectivity index (χ4n) is 1.72. The Bertz CT molecular complexity index is 768. The second-order valence-electron chi connectivity index (χ2n) is 4.65. The van der Waals surface area contributed by atoms with E-state index in [2.05, 4.69) is 5.10 Å². The maximum Gasteiger partial charge on any atom is 0.267 e. The third-order valence-electron chi connectivity index (χ3n) is 2.89. The smallest absolute Gasteiger partial charge is 0.267 e. The Morgan fingerprint density at radius 2 is 1.96 bits per heavy atom. The van der Waals surface area contributed by atoms with Crippen LogP contribution in [0.3, 0.4) is 0 Å². The predicted octanol–water partition coefficient (Wildman–Crippen LogP) is 0.564. The standard InChI is InChI=1S/C14H17N3O5S/c1-17-10-13(9-15-17)23(19,20)16-14(18)11-3-5-12(6-4-11)22-8-7-21-2/h3-6,9-10H,7-8H2,1-2H3,(H,16,18). The summed E-state index contributed by atoms with van der Waals surface area (Å²) < 4.78 is 37.7. The summed E-state index contributed by atoms with van der Waals surface area (Å²) in [5.74, 6) is -0.161. The fourth-order valence-corrected chi connectivity index (χ4v) is 2.68. The highest BCUT2D eigenvalue weighted by molar-refractivity contribution is 7.90. The van der Waals surface area contributed by atoms with Gasteiger partial charge in [0.2, 0.25) is 0 Å². The van der Waals surface area contributed by atoms with Gasteiger partial charge < -0.3 is 9.47 Å². The van der Waals surface area contributed by atoms with Crippen LogP contribution in [-0.4, -0.2) is 44.4 Å². The van der Waals surface area contributed by atoms with Gasteiger partial charge in [0.1, 0.15) is 17.3 Å². The normalized spacial score (nSPS) is 11.2. The topological polar surface area (TPSA) is 99.5 Å². The molecule has 0 aliphatic heterocycles. The van der Waals surface area contributed by atoms with Crippen molar-refractivity contribution in [1.82, 2.24) is 14.5 Å². The lowest BCUT2D eigenvalue weighted by Crippen LogP contribution is -2.30. The van der Waals surface area contributed by atoms with Crippen molar-refractivity contribution >= 4 is 15.9 Å². The van der Waals surface area contributed by atoms with Gasteiger partial charge in [-0.2, -0.15) is 5.10 Å². The molecule has 1 N–H and O–H groups in total. The molecule has 0 radical (unpaired) electrons. The number of carbonyl (C=O) groups is 1. The molecule has 0 aliphatic rings. The molecule has 0 bridgehead atoms. The Kier molecular flexibility index (Phi) is 5.35. The lowest BCUT2D eigenvalue weighted by Gasteiger charge is -2.07. The van der Waals surface area contributed by atoms with E-state index in [9.17, 15) is 13.2 Å². The van der Waals surface area contributed by atoms with Gasteiger partial charge in [0.05, 0.1) is 12.8 Å². The maximum atomic E-state index is 12.0. The summed E-state index contributed by atoms with van der Waals surface area (Å²) in [4.78, 5) is 12.0. The molecule has 0 unspecified atom stereocenters. The van der Waals surface area contributed by atoms with Crippen molar-refractivity contribution in [3.8, 4) is 5.75 Å². The molecule has 2 aromatic rings. The number of benzene rings is 1. The number of hydrogen-bond donors (Lipinski definition) is 1. The number of aryl methyl sites for hydroxylation is 1. The number of aromatic nitrogens is 2. The summed E-state index contributed by atoms with van der Waals surface area (Å²) in [6, 6.07) is 6.13. The van der Waals surface area contributed by atoms with Crippen LogP contribution in [0, 0.1) is 0 Å². The summed E-state index contributed by atoms with van der Waals surface area (Å²) in [5.41, 5.74) is 0.205. The summed E-state index contributed by atoms with van der Waals surface area (Å²) in [5, 5.41) is 3.77. The number of sulfonamides is 1. The molecule has 9 heteroatoms. The molecule has 8 nitrogen and oxygen atoms in total. The molecule has 23 heavy (non-hydrogen) atoms. The van der Waals surface area contributed by atoms with Gasteiger partial charge >= 0.3 is 0 Å². The molecule has 1 aromatic heterocycles. The van der Waals surface area contributed by atoms with Crippen LogP contribution >= 0.6 is 0 Å². The lowest BCUT2D eigenvalue weighted by atomic mass is 10.2. The molecule has 1 amide bonds. The molecule has 0 spiro atoms. The first kappa shape index (κ1) is 17.0. The van der Waals surface area contributed by atoms with Crippen molar-refractivity contribution in [2.75, 3.05) is 20.3 Å². The van der Waals surface area contributed by atoms with E-state index in [0.29, 0.717) is 19.0 Å². The van der Waals surface area contributed by atoms with Crippen molar-refractivity contribution < 1.29 is 22.7 Å². The van der Waals surface area contributed by atoms with Crippen LogP contribution in [0.15, 0.2) is 41.6 Å². The number of carbonyl (C=O) groups excluding carboxylic acids is 1. The highest BCUT2D eigenvalue weighted by Crippen LogP contribution is 2.13. The van der Waals surface area contributed by atoms with Crippen LogP contribution in [0.2, 0.25) is 0 Å². The summed E-state index contributed by atoms with van der Waals surface area (Å²) >= 11 is 0. The minimum Gasteiger partial charge on any atom is -0.491 e. The number of ether oxygens (including phenoxy) is 2. The van der Waals surface area contributed by atoms with Crippen molar-refractivity contribution in [2.45, 2.75) is 4.90 Å². The highest BCUT2D eigenvalue weighted by atomic mass is 32.2. The lowest BCUT2D eigenvalue weighted by molar-refractivity contribution is 0.0981. The Hall–Kier alpha value is -2.39. The average Bonchev–Trinajstić information content (AvgIpc) is 2.95. The van der Waals surface area contributed by atoms with E-state index in [-0.39, 0.29) is 10.5 Å². The summed E-state index contributed by atoms with van der Waals surface area (Å²) in [6.07, 6.45) is 2.48. The molecule has 124 valence electrons. The first-order chi connectivity index (χ1) is 10.9. The van der Waals surface area contributed by atoms with Gasteiger partial charge in [-0.15, -0.1) is 0 Å². The van der Waals surface area contributed by atoms with Crippen LogP contribution in [0.25, 0.3) is 0 Å². The molecule has 0 fully saturated rings. The largest absolute Gasteiger partial charge is 0.491 e. The molecule has 0 saturated carbocycles. The van der Waals surface area contributed by atoms with Crippen molar-refractivity contribution in [3.63, 3.8) is 0 Å². The number of nitrogens with one attached hydrogen (secondary N) is 1. The van der Waals surface area contributed by atoms with E-state index in [1.807, 2.05) is 4.72 Å². The molecule has 2 rings (SSSR count). The Morgan fingerprint density at radius 1 is 1.26 bits per heavy atom. The van der Waals surface area contributed by atoms with E-state index in [1.165, 1.54) is 29.2 Å². The number of hydrogen-bond acceptors (Lipinski definition) is 6. The first-order valence-electron chi connectivity index (χ1n) is 6.70. The molecular weight excluding hydrogens is 322 g/mol. The second kappa shape index (κ2) is 7.25. The quantitative estimate of drug-likeness (QED) is 0.740. The highest BCUT2D eigenvalue weighted by Gasteiger charge is 2.20. The second-order valence-corrected chi connectivity index (χ2v) is 6.33. The first-order valence-corrected chi connectivity index (χ1v) is 8.18.